The zero-order valence-electron chi connectivity index (χ0n) is 14.7. The Morgan fingerprint density at radius 1 is 1.15 bits per heavy atom. The predicted molar refractivity (Wildman–Crippen MR) is 99.2 cm³/mol. The number of pyridine rings is 1. The third-order valence-electron chi connectivity index (χ3n) is 4.86. The molecular weight excluding hydrogens is 330 g/mol. The van der Waals surface area contributed by atoms with E-state index < -0.39 is 0 Å². The largest absolute Gasteiger partial charge is 0.459 e. The molecule has 1 aromatic carbocycles. The maximum Gasteiger partial charge on any atom is 0.289 e. The number of piperazine rings is 1. The number of carbonyl (C=O) groups is 1. The van der Waals surface area contributed by atoms with Gasteiger partial charge in [-0.05, 0) is 42.6 Å². The summed E-state index contributed by atoms with van der Waals surface area (Å²) in [4.78, 5) is 31.6. The van der Waals surface area contributed by atoms with Gasteiger partial charge in [0.15, 0.2) is 5.76 Å². The number of carbonyl (C=O) groups excluding carboxylic acids is 1. The molecule has 2 aromatic heterocycles. The fourth-order valence-electron chi connectivity index (χ4n) is 3.39. The van der Waals surface area contributed by atoms with Crippen LogP contribution in [0.3, 0.4) is 0 Å². The van der Waals surface area contributed by atoms with Crippen molar-refractivity contribution >= 4 is 16.8 Å². The van der Waals surface area contributed by atoms with Crippen LogP contribution in [0.25, 0.3) is 10.9 Å². The Hall–Kier alpha value is -2.86. The molecule has 3 aromatic rings. The van der Waals surface area contributed by atoms with Crippen molar-refractivity contribution in [2.45, 2.75) is 13.5 Å². The summed E-state index contributed by atoms with van der Waals surface area (Å²) < 4.78 is 5.19. The highest BCUT2D eigenvalue weighted by Crippen LogP contribution is 2.15. The number of nitrogens with one attached hydrogen (secondary N) is 1. The number of nitrogens with zero attached hydrogens (tertiary/aromatic N) is 2. The van der Waals surface area contributed by atoms with Crippen LogP contribution in [0.15, 0.2) is 51.9 Å². The van der Waals surface area contributed by atoms with Crippen LogP contribution < -0.4 is 5.56 Å². The molecule has 0 unspecified atom stereocenters. The molecule has 4 rings (SSSR count). The molecular formula is C20H21N3O3. The minimum Gasteiger partial charge on any atom is -0.459 e. The number of benzene rings is 1. The van der Waals surface area contributed by atoms with E-state index in [1.165, 1.54) is 11.8 Å². The van der Waals surface area contributed by atoms with E-state index in [0.29, 0.717) is 25.4 Å². The van der Waals surface area contributed by atoms with E-state index in [9.17, 15) is 9.59 Å². The zero-order valence-corrected chi connectivity index (χ0v) is 14.7. The molecule has 0 atom stereocenters. The molecule has 0 spiro atoms. The van der Waals surface area contributed by atoms with Gasteiger partial charge < -0.3 is 14.3 Å². The second kappa shape index (κ2) is 6.80. The van der Waals surface area contributed by atoms with Crippen LogP contribution in [0.5, 0.6) is 0 Å². The second-order valence-corrected chi connectivity index (χ2v) is 6.76. The summed E-state index contributed by atoms with van der Waals surface area (Å²) in [6.07, 6.45) is 1.51. The molecule has 0 bridgehead atoms. The average Bonchev–Trinajstić information content (AvgIpc) is 3.17. The molecule has 1 amide bonds. The summed E-state index contributed by atoms with van der Waals surface area (Å²) in [7, 11) is 0. The van der Waals surface area contributed by atoms with Gasteiger partial charge in [0.2, 0.25) is 0 Å². The standard InChI is InChI=1S/C20H21N3O3/c1-14-4-5-17-15(11-14)12-16(19(24)21-17)13-22-6-8-23(9-7-22)20(25)18-3-2-10-26-18/h2-5,10-12H,6-9,13H2,1H3,(H,21,24). The van der Waals surface area contributed by atoms with Crippen molar-refractivity contribution in [3.8, 4) is 0 Å². The molecule has 26 heavy (non-hydrogen) atoms. The highest BCUT2D eigenvalue weighted by molar-refractivity contribution is 5.91. The van der Waals surface area contributed by atoms with Gasteiger partial charge in [-0.3, -0.25) is 14.5 Å². The SMILES string of the molecule is Cc1ccc2[nH]c(=O)c(CN3CCN(C(=O)c4ccco4)CC3)cc2c1. The van der Waals surface area contributed by atoms with E-state index >= 15 is 0 Å². The first kappa shape index (κ1) is 16.6. The number of hydrogen-bond acceptors (Lipinski definition) is 4. The number of amides is 1. The number of H-pyrrole nitrogens is 1. The van der Waals surface area contributed by atoms with E-state index in [2.05, 4.69) is 16.0 Å². The number of aromatic nitrogens is 1. The molecule has 0 saturated carbocycles. The van der Waals surface area contributed by atoms with Crippen molar-refractivity contribution < 1.29 is 9.21 Å². The summed E-state index contributed by atoms with van der Waals surface area (Å²) in [6, 6.07) is 11.4. The Balaban J connectivity index is 1.44. The Kier molecular flexibility index (Phi) is 4.34. The molecule has 6 nitrogen and oxygen atoms in total. The van der Waals surface area contributed by atoms with Gasteiger partial charge in [-0.25, -0.2) is 0 Å². The van der Waals surface area contributed by atoms with Crippen LogP contribution in [0.2, 0.25) is 0 Å². The lowest BCUT2D eigenvalue weighted by Crippen LogP contribution is -2.48. The van der Waals surface area contributed by atoms with E-state index in [-0.39, 0.29) is 11.5 Å². The molecule has 1 N–H and O–H groups in total. The number of fused-ring (bicyclic) bond motifs is 1. The summed E-state index contributed by atoms with van der Waals surface area (Å²) in [6.45, 7) is 5.35. The van der Waals surface area contributed by atoms with Gasteiger partial charge >= 0.3 is 0 Å². The van der Waals surface area contributed by atoms with Crippen LogP contribution in [0, 0.1) is 6.92 Å². The molecule has 0 aliphatic carbocycles. The molecule has 0 radical (unpaired) electrons. The Morgan fingerprint density at radius 2 is 1.96 bits per heavy atom. The zero-order chi connectivity index (χ0) is 18.1. The van der Waals surface area contributed by atoms with Crippen molar-refractivity contribution in [1.29, 1.82) is 0 Å². The Bertz CT molecular complexity index is 983. The summed E-state index contributed by atoms with van der Waals surface area (Å²) in [5.74, 6) is 0.300. The maximum absolute atomic E-state index is 12.4. The Morgan fingerprint density at radius 3 is 2.69 bits per heavy atom. The van der Waals surface area contributed by atoms with Crippen molar-refractivity contribution in [3.63, 3.8) is 0 Å². The first-order valence-corrected chi connectivity index (χ1v) is 8.78. The molecule has 1 fully saturated rings. The third-order valence-corrected chi connectivity index (χ3v) is 4.86. The number of hydrogen-bond donors (Lipinski definition) is 1. The monoisotopic (exact) mass is 351 g/mol. The van der Waals surface area contributed by atoms with Gasteiger partial charge in [0.1, 0.15) is 0 Å². The van der Waals surface area contributed by atoms with Crippen LogP contribution in [0.1, 0.15) is 21.7 Å². The van der Waals surface area contributed by atoms with E-state index in [1.54, 1.807) is 17.0 Å². The topological polar surface area (TPSA) is 69.6 Å². The normalized spacial score (nSPS) is 15.5. The third kappa shape index (κ3) is 3.28. The van der Waals surface area contributed by atoms with E-state index in [4.69, 9.17) is 4.42 Å². The smallest absolute Gasteiger partial charge is 0.289 e. The quantitative estimate of drug-likeness (QED) is 0.787. The van der Waals surface area contributed by atoms with Crippen molar-refractivity contribution in [3.05, 3.63) is 69.9 Å². The molecule has 6 heteroatoms. The highest BCUT2D eigenvalue weighted by atomic mass is 16.3. The number of aromatic amines is 1. The molecule has 1 aliphatic heterocycles. The lowest BCUT2D eigenvalue weighted by Gasteiger charge is -2.34. The van der Waals surface area contributed by atoms with Gasteiger partial charge in [-0.15, -0.1) is 0 Å². The average molecular weight is 351 g/mol. The second-order valence-electron chi connectivity index (χ2n) is 6.76. The number of aryl methyl sites for hydroxylation is 1. The summed E-state index contributed by atoms with van der Waals surface area (Å²) in [5, 5.41) is 1.05. The molecule has 3 heterocycles. The van der Waals surface area contributed by atoms with Crippen LogP contribution in [-0.2, 0) is 6.54 Å². The van der Waals surface area contributed by atoms with Crippen LogP contribution >= 0.6 is 0 Å². The number of furan rings is 1. The van der Waals surface area contributed by atoms with Crippen molar-refractivity contribution in [2.24, 2.45) is 0 Å². The molecule has 134 valence electrons. The first-order valence-electron chi connectivity index (χ1n) is 8.78. The van der Waals surface area contributed by atoms with Gasteiger partial charge in [0.25, 0.3) is 11.5 Å². The Labute approximate surface area is 151 Å². The van der Waals surface area contributed by atoms with Gasteiger partial charge in [0.05, 0.1) is 6.26 Å². The van der Waals surface area contributed by atoms with Gasteiger partial charge in [-0.1, -0.05) is 11.6 Å². The van der Waals surface area contributed by atoms with Gasteiger partial charge in [-0.2, -0.15) is 0 Å². The fraction of sp³-hybridized carbons (Fsp3) is 0.300. The molecule has 1 saturated heterocycles. The van der Waals surface area contributed by atoms with Crippen LogP contribution in [-0.4, -0.2) is 46.9 Å². The summed E-state index contributed by atoms with van der Waals surface area (Å²) in [5.41, 5.74) is 2.74. The predicted octanol–water partition coefficient (Wildman–Crippen LogP) is 2.39. The highest BCUT2D eigenvalue weighted by Gasteiger charge is 2.24. The summed E-state index contributed by atoms with van der Waals surface area (Å²) >= 11 is 0. The van der Waals surface area contributed by atoms with Gasteiger partial charge in [0, 0.05) is 43.8 Å². The lowest BCUT2D eigenvalue weighted by atomic mass is 10.1. The van der Waals surface area contributed by atoms with E-state index in [1.807, 2.05) is 25.1 Å². The minimum absolute atomic E-state index is 0.0459. The lowest BCUT2D eigenvalue weighted by molar-refractivity contribution is 0.0597. The first-order chi connectivity index (χ1) is 12.6. The van der Waals surface area contributed by atoms with Crippen molar-refractivity contribution in [1.82, 2.24) is 14.8 Å². The molecule has 1 aliphatic rings. The van der Waals surface area contributed by atoms with Crippen molar-refractivity contribution in [2.75, 3.05) is 26.2 Å². The minimum atomic E-state index is -0.0753. The number of rotatable bonds is 3. The fourth-order valence-corrected chi connectivity index (χ4v) is 3.39. The van der Waals surface area contributed by atoms with Crippen LogP contribution in [0.4, 0.5) is 0 Å². The van der Waals surface area contributed by atoms with E-state index in [0.717, 1.165) is 29.6 Å². The maximum atomic E-state index is 12.4.